The van der Waals surface area contributed by atoms with Gasteiger partial charge in [-0.1, -0.05) is 17.7 Å². The molecule has 1 saturated heterocycles. The lowest BCUT2D eigenvalue weighted by Crippen LogP contribution is -2.21. The second kappa shape index (κ2) is 5.57. The Morgan fingerprint density at radius 2 is 2.40 bits per heavy atom. The zero-order chi connectivity index (χ0) is 10.5. The molecule has 1 unspecified atom stereocenters. The van der Waals surface area contributed by atoms with E-state index in [1.165, 1.54) is 42.0 Å². The van der Waals surface area contributed by atoms with E-state index in [0.717, 1.165) is 6.04 Å². The molecule has 2 rings (SSSR count). The molecular weight excluding hydrogens is 202 g/mol. The van der Waals surface area contributed by atoms with Crippen molar-refractivity contribution in [1.29, 1.82) is 0 Å². The summed E-state index contributed by atoms with van der Waals surface area (Å²) >= 11 is 1.98. The van der Waals surface area contributed by atoms with Crippen LogP contribution in [0.3, 0.4) is 0 Å². The molecule has 1 aromatic carbocycles. The van der Waals surface area contributed by atoms with Gasteiger partial charge in [0.05, 0.1) is 0 Å². The highest BCUT2D eigenvalue weighted by molar-refractivity contribution is 7.99. The molecule has 0 amide bonds. The van der Waals surface area contributed by atoms with Crippen molar-refractivity contribution in [2.24, 2.45) is 0 Å². The molecule has 1 aromatic rings. The fourth-order valence-corrected chi connectivity index (χ4v) is 3.11. The van der Waals surface area contributed by atoms with Gasteiger partial charge in [-0.05, 0) is 50.6 Å². The molecule has 0 radical (unpaired) electrons. The van der Waals surface area contributed by atoms with Gasteiger partial charge in [0.25, 0.3) is 0 Å². The van der Waals surface area contributed by atoms with Crippen molar-refractivity contribution < 1.29 is 0 Å². The standard InChI is InChI=1S/C13H19NS/c1-11-4-2-6-13(10-11)15-9-7-12-5-3-8-14-12/h2,4,6,10,12,14H,3,5,7-9H2,1H3. The van der Waals surface area contributed by atoms with Crippen LogP contribution in [0.25, 0.3) is 0 Å². The van der Waals surface area contributed by atoms with Crippen molar-refractivity contribution in [3.8, 4) is 0 Å². The summed E-state index contributed by atoms with van der Waals surface area (Å²) in [6.07, 6.45) is 4.03. The third-order valence-corrected chi connectivity index (χ3v) is 3.91. The van der Waals surface area contributed by atoms with Crippen LogP contribution in [0.15, 0.2) is 29.2 Å². The van der Waals surface area contributed by atoms with Crippen molar-refractivity contribution in [3.05, 3.63) is 29.8 Å². The molecule has 1 aliphatic heterocycles. The topological polar surface area (TPSA) is 12.0 Å². The van der Waals surface area contributed by atoms with Crippen molar-refractivity contribution in [2.45, 2.75) is 37.1 Å². The second-order valence-electron chi connectivity index (χ2n) is 4.25. The molecule has 1 fully saturated rings. The Hall–Kier alpha value is -0.470. The highest BCUT2D eigenvalue weighted by atomic mass is 32.2. The molecule has 0 spiro atoms. The molecule has 82 valence electrons. The maximum Gasteiger partial charge on any atom is 0.00755 e. The Balaban J connectivity index is 1.73. The average molecular weight is 221 g/mol. The van der Waals surface area contributed by atoms with E-state index in [1.54, 1.807) is 0 Å². The summed E-state index contributed by atoms with van der Waals surface area (Å²) in [5, 5.41) is 3.54. The number of rotatable bonds is 4. The van der Waals surface area contributed by atoms with Crippen molar-refractivity contribution >= 4 is 11.8 Å². The van der Waals surface area contributed by atoms with Gasteiger partial charge in [-0.2, -0.15) is 0 Å². The summed E-state index contributed by atoms with van der Waals surface area (Å²) in [5.41, 5.74) is 1.36. The van der Waals surface area contributed by atoms with E-state index in [2.05, 4.69) is 36.5 Å². The molecular formula is C13H19NS. The van der Waals surface area contributed by atoms with Crippen LogP contribution < -0.4 is 5.32 Å². The number of aryl methyl sites for hydroxylation is 1. The lowest BCUT2D eigenvalue weighted by Gasteiger charge is -2.09. The van der Waals surface area contributed by atoms with E-state index < -0.39 is 0 Å². The lowest BCUT2D eigenvalue weighted by molar-refractivity contribution is 0.592. The molecule has 15 heavy (non-hydrogen) atoms. The highest BCUT2D eigenvalue weighted by Gasteiger charge is 2.12. The van der Waals surface area contributed by atoms with Crippen LogP contribution in [0.1, 0.15) is 24.8 Å². The fraction of sp³-hybridized carbons (Fsp3) is 0.538. The summed E-state index contributed by atoms with van der Waals surface area (Å²) in [6, 6.07) is 9.56. The first-order chi connectivity index (χ1) is 7.34. The summed E-state index contributed by atoms with van der Waals surface area (Å²) in [6.45, 7) is 3.38. The third kappa shape index (κ3) is 3.54. The van der Waals surface area contributed by atoms with Gasteiger partial charge in [-0.15, -0.1) is 11.8 Å². The van der Waals surface area contributed by atoms with E-state index in [-0.39, 0.29) is 0 Å². The van der Waals surface area contributed by atoms with Gasteiger partial charge in [0.15, 0.2) is 0 Å². The molecule has 0 aliphatic carbocycles. The molecule has 1 nitrogen and oxygen atoms in total. The molecule has 0 bridgehead atoms. The Morgan fingerprint density at radius 1 is 1.47 bits per heavy atom. The van der Waals surface area contributed by atoms with Gasteiger partial charge < -0.3 is 5.32 Å². The molecule has 1 aliphatic rings. The van der Waals surface area contributed by atoms with Gasteiger partial charge in [-0.25, -0.2) is 0 Å². The van der Waals surface area contributed by atoms with Crippen molar-refractivity contribution in [2.75, 3.05) is 12.3 Å². The third-order valence-electron chi connectivity index (χ3n) is 2.89. The normalized spacial score (nSPS) is 20.7. The lowest BCUT2D eigenvalue weighted by atomic mass is 10.2. The minimum absolute atomic E-state index is 0.780. The predicted molar refractivity (Wildman–Crippen MR) is 67.5 cm³/mol. The summed E-state index contributed by atoms with van der Waals surface area (Å²) in [7, 11) is 0. The molecule has 2 heteroatoms. The Labute approximate surface area is 96.7 Å². The minimum atomic E-state index is 0.780. The van der Waals surface area contributed by atoms with Crippen LogP contribution in [0.2, 0.25) is 0 Å². The molecule has 1 N–H and O–H groups in total. The first-order valence-corrected chi connectivity index (χ1v) is 6.76. The Bertz CT molecular complexity index is 305. The SMILES string of the molecule is Cc1cccc(SCCC2CCCN2)c1. The van der Waals surface area contributed by atoms with Crippen LogP contribution in [0, 0.1) is 6.92 Å². The van der Waals surface area contributed by atoms with E-state index in [1.807, 2.05) is 11.8 Å². The zero-order valence-corrected chi connectivity index (χ0v) is 10.1. The minimum Gasteiger partial charge on any atom is -0.314 e. The van der Waals surface area contributed by atoms with Crippen molar-refractivity contribution in [3.63, 3.8) is 0 Å². The maximum absolute atomic E-state index is 3.54. The van der Waals surface area contributed by atoms with Crippen molar-refractivity contribution in [1.82, 2.24) is 5.32 Å². The zero-order valence-electron chi connectivity index (χ0n) is 9.33. The van der Waals surface area contributed by atoms with Gasteiger partial charge in [0.1, 0.15) is 0 Å². The summed E-state index contributed by atoms with van der Waals surface area (Å²) in [4.78, 5) is 1.41. The van der Waals surface area contributed by atoms with Crippen LogP contribution in [-0.2, 0) is 0 Å². The number of thioether (sulfide) groups is 1. The van der Waals surface area contributed by atoms with Gasteiger partial charge in [-0.3, -0.25) is 0 Å². The molecule has 0 saturated carbocycles. The summed E-state index contributed by atoms with van der Waals surface area (Å²) < 4.78 is 0. The van der Waals surface area contributed by atoms with Crippen LogP contribution in [-0.4, -0.2) is 18.3 Å². The summed E-state index contributed by atoms with van der Waals surface area (Å²) in [5.74, 6) is 1.24. The average Bonchev–Trinajstić information content (AvgIpc) is 2.71. The Morgan fingerprint density at radius 3 is 3.13 bits per heavy atom. The Kier molecular flexibility index (Phi) is 4.09. The number of benzene rings is 1. The van der Waals surface area contributed by atoms with E-state index in [4.69, 9.17) is 0 Å². The van der Waals surface area contributed by atoms with E-state index in [9.17, 15) is 0 Å². The first kappa shape index (κ1) is 11.0. The van der Waals surface area contributed by atoms with Gasteiger partial charge in [0.2, 0.25) is 0 Å². The highest BCUT2D eigenvalue weighted by Crippen LogP contribution is 2.21. The first-order valence-electron chi connectivity index (χ1n) is 5.77. The van der Waals surface area contributed by atoms with Crippen LogP contribution >= 0.6 is 11.8 Å². The molecule has 1 atom stereocenters. The monoisotopic (exact) mass is 221 g/mol. The molecule has 0 aromatic heterocycles. The smallest absolute Gasteiger partial charge is 0.00755 e. The maximum atomic E-state index is 3.54. The van der Waals surface area contributed by atoms with Crippen LogP contribution in [0.4, 0.5) is 0 Å². The number of hydrogen-bond donors (Lipinski definition) is 1. The van der Waals surface area contributed by atoms with Gasteiger partial charge >= 0.3 is 0 Å². The number of nitrogens with one attached hydrogen (secondary N) is 1. The van der Waals surface area contributed by atoms with Gasteiger partial charge in [0, 0.05) is 10.9 Å². The van der Waals surface area contributed by atoms with Crippen LogP contribution in [0.5, 0.6) is 0 Å². The van der Waals surface area contributed by atoms with E-state index in [0.29, 0.717) is 0 Å². The quantitative estimate of drug-likeness (QED) is 0.783. The predicted octanol–water partition coefficient (Wildman–Crippen LogP) is 3.23. The molecule has 1 heterocycles. The second-order valence-corrected chi connectivity index (χ2v) is 5.42. The van der Waals surface area contributed by atoms with E-state index >= 15 is 0 Å². The largest absolute Gasteiger partial charge is 0.314 e. The number of hydrogen-bond acceptors (Lipinski definition) is 2. The fourth-order valence-electron chi connectivity index (χ4n) is 2.03.